The number of aliphatic hydroxyl groups excluding tert-OH is 1. The lowest BCUT2D eigenvalue weighted by Crippen LogP contribution is -2.35. The van der Waals surface area contributed by atoms with Crippen LogP contribution in [0.3, 0.4) is 0 Å². The molecule has 0 saturated carbocycles. The Balaban J connectivity index is 2.01. The molecule has 3 rings (SSSR count). The first-order chi connectivity index (χ1) is 9.95. The minimum Gasteiger partial charge on any atom is -0.393 e. The molecule has 0 aliphatic carbocycles. The van der Waals surface area contributed by atoms with Crippen molar-refractivity contribution in [2.24, 2.45) is 0 Å². The number of halogens is 3. The summed E-state index contributed by atoms with van der Waals surface area (Å²) in [6.07, 6.45) is -1.77. The third kappa shape index (κ3) is 2.81. The van der Waals surface area contributed by atoms with Crippen LogP contribution >= 0.6 is 0 Å². The van der Waals surface area contributed by atoms with Gasteiger partial charge in [-0.25, -0.2) is 0 Å². The van der Waals surface area contributed by atoms with E-state index in [1.54, 1.807) is 0 Å². The van der Waals surface area contributed by atoms with Crippen LogP contribution in [-0.2, 0) is 6.18 Å². The van der Waals surface area contributed by atoms with Crippen molar-refractivity contribution in [3.8, 4) is 0 Å². The van der Waals surface area contributed by atoms with Crippen molar-refractivity contribution in [3.05, 3.63) is 36.0 Å². The molecular formula is C15H15F3N2O. The van der Waals surface area contributed by atoms with Crippen molar-refractivity contribution in [1.29, 1.82) is 0 Å². The predicted octanol–water partition coefficient (Wildman–Crippen LogP) is 3.21. The van der Waals surface area contributed by atoms with Gasteiger partial charge in [-0.2, -0.15) is 13.2 Å². The number of anilines is 1. The van der Waals surface area contributed by atoms with Crippen LogP contribution in [0, 0.1) is 0 Å². The van der Waals surface area contributed by atoms with E-state index < -0.39 is 11.7 Å². The molecule has 21 heavy (non-hydrogen) atoms. The topological polar surface area (TPSA) is 36.4 Å². The van der Waals surface area contributed by atoms with Gasteiger partial charge in [0, 0.05) is 30.4 Å². The lowest BCUT2D eigenvalue weighted by atomic mass is 10.0. The van der Waals surface area contributed by atoms with Gasteiger partial charge in [-0.15, -0.1) is 0 Å². The van der Waals surface area contributed by atoms with Crippen LogP contribution in [0.4, 0.5) is 18.9 Å². The van der Waals surface area contributed by atoms with E-state index in [2.05, 4.69) is 9.88 Å². The van der Waals surface area contributed by atoms with Crippen molar-refractivity contribution >= 4 is 16.6 Å². The monoisotopic (exact) mass is 296 g/mol. The number of nitrogens with zero attached hydrogens (tertiary/aromatic N) is 2. The Kier molecular flexibility index (Phi) is 3.49. The van der Waals surface area contributed by atoms with Gasteiger partial charge in [0.05, 0.1) is 17.2 Å². The summed E-state index contributed by atoms with van der Waals surface area (Å²) < 4.78 is 38.2. The number of aliphatic hydroxyl groups is 1. The molecule has 1 N–H and O–H groups in total. The molecule has 0 spiro atoms. The Morgan fingerprint density at radius 3 is 2.52 bits per heavy atom. The van der Waals surface area contributed by atoms with E-state index in [4.69, 9.17) is 0 Å². The molecule has 0 bridgehead atoms. The Bertz CT molecular complexity index is 649. The molecule has 1 aromatic carbocycles. The number of alkyl halides is 3. The zero-order chi connectivity index (χ0) is 15.0. The number of fused-ring (bicyclic) bond motifs is 1. The summed E-state index contributed by atoms with van der Waals surface area (Å²) in [6.45, 7) is 1.39. The zero-order valence-corrected chi connectivity index (χ0v) is 11.3. The maximum absolute atomic E-state index is 12.7. The molecule has 112 valence electrons. The second-order valence-electron chi connectivity index (χ2n) is 5.28. The first kappa shape index (κ1) is 14.1. The highest BCUT2D eigenvalue weighted by atomic mass is 19.4. The summed E-state index contributed by atoms with van der Waals surface area (Å²) in [5.41, 5.74) is 0.530. The lowest BCUT2D eigenvalue weighted by Gasteiger charge is -2.32. The van der Waals surface area contributed by atoms with Crippen LogP contribution in [0.5, 0.6) is 0 Å². The average Bonchev–Trinajstić information content (AvgIpc) is 2.46. The van der Waals surface area contributed by atoms with E-state index >= 15 is 0 Å². The highest BCUT2D eigenvalue weighted by molar-refractivity contribution is 5.92. The Morgan fingerprint density at radius 1 is 1.14 bits per heavy atom. The van der Waals surface area contributed by atoms with Crippen LogP contribution in [0.15, 0.2) is 30.5 Å². The standard InChI is InChI=1S/C15H15F3N2O/c16-15(17,18)10-1-2-12-13(9-10)19-6-3-14(12)20-7-4-11(21)5-8-20/h1-3,6,9,11,21H,4-5,7-8H2. The average molecular weight is 296 g/mol. The first-order valence-electron chi connectivity index (χ1n) is 6.84. The summed E-state index contributed by atoms with van der Waals surface area (Å²) >= 11 is 0. The van der Waals surface area contributed by atoms with Gasteiger partial charge >= 0.3 is 6.18 Å². The third-order valence-electron chi connectivity index (χ3n) is 3.85. The second kappa shape index (κ2) is 5.18. The fraction of sp³-hybridized carbons (Fsp3) is 0.400. The Labute approximate surface area is 120 Å². The molecule has 1 aliphatic heterocycles. The molecule has 2 aromatic rings. The fourth-order valence-electron chi connectivity index (χ4n) is 2.69. The Hall–Kier alpha value is -1.82. The van der Waals surface area contributed by atoms with E-state index in [0.717, 1.165) is 17.8 Å². The molecule has 1 aromatic heterocycles. The van der Waals surface area contributed by atoms with Crippen LogP contribution in [0.1, 0.15) is 18.4 Å². The molecule has 1 saturated heterocycles. The van der Waals surface area contributed by atoms with E-state index in [1.165, 1.54) is 12.3 Å². The van der Waals surface area contributed by atoms with Gasteiger partial charge in [0.1, 0.15) is 0 Å². The number of hydrogen-bond acceptors (Lipinski definition) is 3. The van der Waals surface area contributed by atoms with E-state index in [-0.39, 0.29) is 6.10 Å². The first-order valence-corrected chi connectivity index (χ1v) is 6.84. The molecule has 0 radical (unpaired) electrons. The van der Waals surface area contributed by atoms with E-state index in [1.807, 2.05) is 6.07 Å². The predicted molar refractivity (Wildman–Crippen MR) is 74.2 cm³/mol. The van der Waals surface area contributed by atoms with Crippen LogP contribution in [0.25, 0.3) is 10.9 Å². The van der Waals surface area contributed by atoms with Crippen LogP contribution < -0.4 is 4.90 Å². The van der Waals surface area contributed by atoms with Gasteiger partial charge in [0.15, 0.2) is 0 Å². The van der Waals surface area contributed by atoms with Crippen LogP contribution in [-0.4, -0.2) is 29.3 Å². The minimum absolute atomic E-state index is 0.286. The number of pyridine rings is 1. The largest absolute Gasteiger partial charge is 0.416 e. The van der Waals surface area contributed by atoms with Crippen molar-refractivity contribution in [3.63, 3.8) is 0 Å². The molecule has 1 fully saturated rings. The summed E-state index contributed by atoms with van der Waals surface area (Å²) in [5, 5.41) is 10.3. The summed E-state index contributed by atoms with van der Waals surface area (Å²) in [5.74, 6) is 0. The van der Waals surface area contributed by atoms with Crippen molar-refractivity contribution in [2.75, 3.05) is 18.0 Å². The van der Waals surface area contributed by atoms with Crippen molar-refractivity contribution in [2.45, 2.75) is 25.1 Å². The number of rotatable bonds is 1. The Morgan fingerprint density at radius 2 is 1.86 bits per heavy atom. The quantitative estimate of drug-likeness (QED) is 0.878. The fourth-order valence-corrected chi connectivity index (χ4v) is 2.69. The lowest BCUT2D eigenvalue weighted by molar-refractivity contribution is -0.137. The van der Waals surface area contributed by atoms with Crippen LogP contribution in [0.2, 0.25) is 0 Å². The molecule has 0 unspecified atom stereocenters. The summed E-state index contributed by atoms with van der Waals surface area (Å²) in [7, 11) is 0. The highest BCUT2D eigenvalue weighted by Crippen LogP contribution is 2.34. The van der Waals surface area contributed by atoms with Gasteiger partial charge in [0.25, 0.3) is 0 Å². The number of hydrogen-bond donors (Lipinski definition) is 1. The maximum atomic E-state index is 12.7. The summed E-state index contributed by atoms with van der Waals surface area (Å²) in [6, 6.07) is 5.46. The van der Waals surface area contributed by atoms with Gasteiger partial charge in [-0.1, -0.05) is 6.07 Å². The number of aromatic nitrogens is 1. The molecule has 0 atom stereocenters. The smallest absolute Gasteiger partial charge is 0.393 e. The molecular weight excluding hydrogens is 281 g/mol. The highest BCUT2D eigenvalue weighted by Gasteiger charge is 2.31. The molecule has 3 nitrogen and oxygen atoms in total. The van der Waals surface area contributed by atoms with Gasteiger partial charge in [0.2, 0.25) is 0 Å². The molecule has 0 amide bonds. The maximum Gasteiger partial charge on any atom is 0.416 e. The van der Waals surface area contributed by atoms with Gasteiger partial charge < -0.3 is 10.0 Å². The van der Waals surface area contributed by atoms with E-state index in [0.29, 0.717) is 36.8 Å². The molecule has 1 aliphatic rings. The summed E-state index contributed by atoms with van der Waals surface area (Å²) in [4.78, 5) is 6.14. The van der Waals surface area contributed by atoms with Gasteiger partial charge in [-0.3, -0.25) is 4.98 Å². The zero-order valence-electron chi connectivity index (χ0n) is 11.3. The minimum atomic E-state index is -4.36. The van der Waals surface area contributed by atoms with E-state index in [9.17, 15) is 18.3 Å². The molecule has 2 heterocycles. The van der Waals surface area contributed by atoms with Crippen molar-refractivity contribution in [1.82, 2.24) is 4.98 Å². The normalized spacial score (nSPS) is 17.4. The number of piperidine rings is 1. The third-order valence-corrected chi connectivity index (χ3v) is 3.85. The van der Waals surface area contributed by atoms with Crippen molar-refractivity contribution < 1.29 is 18.3 Å². The second-order valence-corrected chi connectivity index (χ2v) is 5.28. The number of benzene rings is 1. The molecule has 6 heteroatoms. The SMILES string of the molecule is OC1CCN(c2ccnc3cc(C(F)(F)F)ccc23)CC1. The van der Waals surface area contributed by atoms with Gasteiger partial charge in [-0.05, 0) is 31.0 Å².